The van der Waals surface area contributed by atoms with Crippen molar-refractivity contribution in [2.45, 2.75) is 57.5 Å². The minimum Gasteiger partial charge on any atom is -0.497 e. The largest absolute Gasteiger partial charge is 0.497 e. The standard InChI is InChI=1S/C27H37FN2O5Si/c1-27(2,3)36(5,6)35-15-14-30-17-22(21-13-12-20(33-4)16-23(21)28)24(25(30)31)29-26(32)34-18-19-10-8-7-9-11-19/h7-13,16,22,24H,14-15,17-18H2,1-6H3,(H,29,32)/t22-,24-/m0/s1. The highest BCUT2D eigenvalue weighted by Crippen LogP contribution is 2.37. The Balaban J connectivity index is 1.74. The highest BCUT2D eigenvalue weighted by molar-refractivity contribution is 6.74. The monoisotopic (exact) mass is 516 g/mol. The predicted molar refractivity (Wildman–Crippen MR) is 139 cm³/mol. The second-order valence-electron chi connectivity index (χ2n) is 10.6. The molecule has 2 aromatic rings. The molecule has 1 fully saturated rings. The summed E-state index contributed by atoms with van der Waals surface area (Å²) in [6.07, 6.45) is -0.726. The summed E-state index contributed by atoms with van der Waals surface area (Å²) in [6, 6.07) is 12.8. The Bertz CT molecular complexity index is 1060. The maximum Gasteiger partial charge on any atom is 0.408 e. The van der Waals surface area contributed by atoms with Crippen molar-refractivity contribution in [2.75, 3.05) is 26.8 Å². The molecule has 7 nitrogen and oxygen atoms in total. The molecule has 2 amide bonds. The van der Waals surface area contributed by atoms with Crippen LogP contribution in [-0.2, 0) is 20.6 Å². The zero-order valence-electron chi connectivity index (χ0n) is 22.0. The van der Waals surface area contributed by atoms with Gasteiger partial charge in [-0.25, -0.2) is 9.18 Å². The summed E-state index contributed by atoms with van der Waals surface area (Å²) in [6.45, 7) is 11.8. The topological polar surface area (TPSA) is 77.1 Å². The van der Waals surface area contributed by atoms with Crippen molar-refractivity contribution in [3.05, 3.63) is 65.5 Å². The lowest BCUT2D eigenvalue weighted by Gasteiger charge is -2.36. The summed E-state index contributed by atoms with van der Waals surface area (Å²) >= 11 is 0. The van der Waals surface area contributed by atoms with Gasteiger partial charge in [-0.15, -0.1) is 0 Å². The minimum absolute atomic E-state index is 0.0450. The number of nitrogens with zero attached hydrogens (tertiary/aromatic N) is 1. The molecule has 3 rings (SSSR count). The first-order valence-corrected chi connectivity index (χ1v) is 15.1. The van der Waals surface area contributed by atoms with E-state index >= 15 is 0 Å². The van der Waals surface area contributed by atoms with Gasteiger partial charge in [0.15, 0.2) is 8.32 Å². The molecule has 1 aliphatic rings. The third-order valence-corrected chi connectivity index (χ3v) is 11.7. The van der Waals surface area contributed by atoms with Gasteiger partial charge in [0.05, 0.1) is 13.7 Å². The van der Waals surface area contributed by atoms with Crippen molar-refractivity contribution in [3.63, 3.8) is 0 Å². The molecular weight excluding hydrogens is 479 g/mol. The van der Waals surface area contributed by atoms with Gasteiger partial charge in [0.25, 0.3) is 0 Å². The molecular formula is C27H37FN2O5Si. The van der Waals surface area contributed by atoms with E-state index in [-0.39, 0.29) is 24.1 Å². The molecule has 0 radical (unpaired) electrons. The zero-order valence-corrected chi connectivity index (χ0v) is 23.0. The van der Waals surface area contributed by atoms with Crippen molar-refractivity contribution in [1.82, 2.24) is 10.2 Å². The number of halogens is 1. The second kappa shape index (κ2) is 11.4. The van der Waals surface area contributed by atoms with Crippen LogP contribution in [-0.4, -0.2) is 58.1 Å². The average molecular weight is 517 g/mol. The molecule has 2 aromatic carbocycles. The van der Waals surface area contributed by atoms with Crippen LogP contribution in [0.1, 0.15) is 37.8 Å². The number of hydrogen-bond acceptors (Lipinski definition) is 5. The number of methoxy groups -OCH3 is 1. The average Bonchev–Trinajstić information content (AvgIpc) is 3.12. The number of benzene rings is 2. The van der Waals surface area contributed by atoms with Crippen molar-refractivity contribution >= 4 is 20.3 Å². The lowest BCUT2D eigenvalue weighted by atomic mass is 9.93. The van der Waals surface area contributed by atoms with Gasteiger partial charge >= 0.3 is 6.09 Å². The van der Waals surface area contributed by atoms with Crippen molar-refractivity contribution < 1.29 is 27.9 Å². The lowest BCUT2D eigenvalue weighted by Crippen LogP contribution is -2.45. The van der Waals surface area contributed by atoms with E-state index in [0.717, 1.165) is 5.56 Å². The molecule has 196 valence electrons. The molecule has 0 aliphatic carbocycles. The Morgan fingerprint density at radius 2 is 1.86 bits per heavy atom. The van der Waals surface area contributed by atoms with E-state index in [4.69, 9.17) is 13.9 Å². The van der Waals surface area contributed by atoms with Crippen molar-refractivity contribution in [1.29, 1.82) is 0 Å². The minimum atomic E-state index is -1.99. The predicted octanol–water partition coefficient (Wildman–Crippen LogP) is 5.08. The van der Waals surface area contributed by atoms with Gasteiger partial charge in [0.1, 0.15) is 24.2 Å². The van der Waals surface area contributed by atoms with E-state index in [9.17, 15) is 14.0 Å². The van der Waals surface area contributed by atoms with Gasteiger partial charge in [-0.3, -0.25) is 4.79 Å². The second-order valence-corrected chi connectivity index (χ2v) is 15.4. The number of amides is 2. The van der Waals surface area contributed by atoms with E-state index < -0.39 is 32.2 Å². The van der Waals surface area contributed by atoms with Crippen LogP contribution in [0, 0.1) is 5.82 Å². The highest BCUT2D eigenvalue weighted by Gasteiger charge is 2.44. The van der Waals surface area contributed by atoms with E-state index in [2.05, 4.69) is 39.2 Å². The van der Waals surface area contributed by atoms with Gasteiger partial charge in [0, 0.05) is 25.1 Å². The first-order valence-electron chi connectivity index (χ1n) is 12.2. The number of alkyl carbamates (subject to hydrolysis) is 1. The lowest BCUT2D eigenvalue weighted by molar-refractivity contribution is -0.129. The summed E-state index contributed by atoms with van der Waals surface area (Å²) in [4.78, 5) is 27.6. The van der Waals surface area contributed by atoms with E-state index in [1.54, 1.807) is 17.0 Å². The van der Waals surface area contributed by atoms with E-state index in [0.29, 0.717) is 24.5 Å². The Labute approximate surface area is 214 Å². The number of ether oxygens (including phenoxy) is 2. The first-order chi connectivity index (χ1) is 16.9. The summed E-state index contributed by atoms with van der Waals surface area (Å²) in [5, 5.41) is 2.73. The third kappa shape index (κ3) is 6.64. The van der Waals surface area contributed by atoms with Crippen LogP contribution in [0.3, 0.4) is 0 Å². The Morgan fingerprint density at radius 1 is 1.17 bits per heavy atom. The number of likely N-dealkylation sites (tertiary alicyclic amines) is 1. The van der Waals surface area contributed by atoms with Crippen LogP contribution in [0.15, 0.2) is 48.5 Å². The summed E-state index contributed by atoms with van der Waals surface area (Å²) in [5.41, 5.74) is 1.16. The summed E-state index contributed by atoms with van der Waals surface area (Å²) < 4.78 is 31.7. The Hall–Kier alpha value is -2.91. The third-order valence-electron chi connectivity index (χ3n) is 7.12. The van der Waals surface area contributed by atoms with Crippen LogP contribution in [0.2, 0.25) is 18.1 Å². The molecule has 0 bridgehead atoms. The van der Waals surface area contributed by atoms with Crippen LogP contribution >= 0.6 is 0 Å². The van der Waals surface area contributed by atoms with Gasteiger partial charge < -0.3 is 24.1 Å². The van der Waals surface area contributed by atoms with Crippen LogP contribution < -0.4 is 10.1 Å². The molecule has 9 heteroatoms. The molecule has 2 atom stereocenters. The number of nitrogens with one attached hydrogen (secondary N) is 1. The van der Waals surface area contributed by atoms with Gasteiger partial charge in [0.2, 0.25) is 5.91 Å². The maximum absolute atomic E-state index is 15.0. The Kier molecular flexibility index (Phi) is 8.79. The van der Waals surface area contributed by atoms with E-state index in [1.165, 1.54) is 13.2 Å². The number of rotatable bonds is 9. The fraction of sp³-hybridized carbons (Fsp3) is 0.481. The first kappa shape index (κ1) is 27.7. The summed E-state index contributed by atoms with van der Waals surface area (Å²) in [7, 11) is -0.524. The van der Waals surface area contributed by atoms with Crippen LogP contribution in [0.4, 0.5) is 9.18 Å². The van der Waals surface area contributed by atoms with E-state index in [1.807, 2.05) is 30.3 Å². The van der Waals surface area contributed by atoms with Gasteiger partial charge in [-0.1, -0.05) is 57.2 Å². The van der Waals surface area contributed by atoms with Crippen molar-refractivity contribution in [2.24, 2.45) is 0 Å². The maximum atomic E-state index is 15.0. The molecule has 1 N–H and O–H groups in total. The molecule has 0 spiro atoms. The molecule has 36 heavy (non-hydrogen) atoms. The molecule has 0 unspecified atom stereocenters. The molecule has 0 aromatic heterocycles. The number of carbonyl (C=O) groups is 2. The van der Waals surface area contributed by atoms with Crippen molar-refractivity contribution in [3.8, 4) is 5.75 Å². The number of hydrogen-bond donors (Lipinski definition) is 1. The van der Waals surface area contributed by atoms with Gasteiger partial charge in [-0.05, 0) is 35.3 Å². The molecule has 1 saturated heterocycles. The van der Waals surface area contributed by atoms with Crippen LogP contribution in [0.5, 0.6) is 5.75 Å². The fourth-order valence-corrected chi connectivity index (χ4v) is 4.93. The van der Waals surface area contributed by atoms with Crippen LogP contribution in [0.25, 0.3) is 0 Å². The quantitative estimate of drug-likeness (QED) is 0.471. The van der Waals surface area contributed by atoms with Gasteiger partial charge in [-0.2, -0.15) is 0 Å². The highest BCUT2D eigenvalue weighted by atomic mass is 28.4. The SMILES string of the molecule is COc1ccc([C@@H]2CN(CCO[Si](C)(C)C(C)(C)C)C(=O)[C@H]2NC(=O)OCc2ccccc2)c(F)c1. The zero-order chi connectivity index (χ0) is 26.5. The molecule has 1 heterocycles. The normalized spacial score (nSPS) is 18.3. The number of carbonyl (C=O) groups excluding carboxylic acids is 2. The Morgan fingerprint density at radius 3 is 2.47 bits per heavy atom. The molecule has 1 aliphatic heterocycles. The smallest absolute Gasteiger partial charge is 0.408 e. The summed E-state index contributed by atoms with van der Waals surface area (Å²) in [5.74, 6) is -0.978. The molecule has 0 saturated carbocycles. The fourth-order valence-electron chi connectivity index (χ4n) is 3.90.